The number of benzene rings is 1. The van der Waals surface area contributed by atoms with E-state index in [2.05, 4.69) is 39.7 Å². The van der Waals surface area contributed by atoms with Crippen LogP contribution in [0.4, 0.5) is 11.8 Å². The van der Waals surface area contributed by atoms with E-state index in [4.69, 9.17) is 9.47 Å². The SMILES string of the molecule is CC(C)CCNc1nncc(NCc2ccc3c(c2)OCO3)n1. The van der Waals surface area contributed by atoms with Gasteiger partial charge in [-0.3, -0.25) is 0 Å². The van der Waals surface area contributed by atoms with Gasteiger partial charge in [-0.1, -0.05) is 19.9 Å². The summed E-state index contributed by atoms with van der Waals surface area (Å²) in [4.78, 5) is 4.41. The quantitative estimate of drug-likeness (QED) is 0.813. The Kier molecular flexibility index (Phi) is 4.75. The Bertz CT molecular complexity index is 663. The Morgan fingerprint density at radius 1 is 1.17 bits per heavy atom. The van der Waals surface area contributed by atoms with E-state index in [-0.39, 0.29) is 6.79 Å². The van der Waals surface area contributed by atoms with Gasteiger partial charge in [0.05, 0.1) is 6.20 Å². The zero-order valence-electron chi connectivity index (χ0n) is 13.4. The maximum absolute atomic E-state index is 5.38. The highest BCUT2D eigenvalue weighted by atomic mass is 16.7. The molecule has 3 rings (SSSR count). The number of nitrogens with one attached hydrogen (secondary N) is 2. The van der Waals surface area contributed by atoms with E-state index < -0.39 is 0 Å². The molecule has 0 fully saturated rings. The minimum Gasteiger partial charge on any atom is -0.454 e. The molecule has 2 aromatic rings. The van der Waals surface area contributed by atoms with Crippen molar-refractivity contribution >= 4 is 11.8 Å². The number of fused-ring (bicyclic) bond motifs is 1. The van der Waals surface area contributed by atoms with Crippen molar-refractivity contribution in [1.82, 2.24) is 15.2 Å². The summed E-state index contributed by atoms with van der Waals surface area (Å²) in [5.74, 6) is 3.43. The first-order valence-corrected chi connectivity index (χ1v) is 7.76. The maximum Gasteiger partial charge on any atom is 0.244 e. The van der Waals surface area contributed by atoms with Gasteiger partial charge in [-0.05, 0) is 30.0 Å². The lowest BCUT2D eigenvalue weighted by Crippen LogP contribution is -2.10. The Balaban J connectivity index is 1.55. The fraction of sp³-hybridized carbons (Fsp3) is 0.438. The van der Waals surface area contributed by atoms with Gasteiger partial charge in [0.15, 0.2) is 17.3 Å². The van der Waals surface area contributed by atoms with E-state index in [1.54, 1.807) is 6.20 Å². The summed E-state index contributed by atoms with van der Waals surface area (Å²) in [6, 6.07) is 5.87. The van der Waals surface area contributed by atoms with Crippen LogP contribution in [-0.4, -0.2) is 28.5 Å². The molecule has 0 saturated carbocycles. The molecule has 1 aromatic heterocycles. The number of ether oxygens (including phenoxy) is 2. The molecule has 1 aliphatic rings. The third-order valence-corrected chi connectivity index (χ3v) is 3.47. The molecule has 0 amide bonds. The molecule has 23 heavy (non-hydrogen) atoms. The second-order valence-electron chi connectivity index (χ2n) is 5.82. The molecule has 7 nitrogen and oxygen atoms in total. The second-order valence-corrected chi connectivity index (χ2v) is 5.82. The molecular formula is C16H21N5O2. The summed E-state index contributed by atoms with van der Waals surface area (Å²) in [7, 11) is 0. The second kappa shape index (κ2) is 7.13. The number of nitrogens with zero attached hydrogens (tertiary/aromatic N) is 3. The molecule has 1 aliphatic heterocycles. The summed E-state index contributed by atoms with van der Waals surface area (Å²) < 4.78 is 10.7. The van der Waals surface area contributed by atoms with E-state index >= 15 is 0 Å². The van der Waals surface area contributed by atoms with Crippen LogP contribution in [-0.2, 0) is 6.54 Å². The highest BCUT2D eigenvalue weighted by Gasteiger charge is 2.13. The first kappa shape index (κ1) is 15.3. The highest BCUT2D eigenvalue weighted by molar-refractivity contribution is 5.46. The van der Waals surface area contributed by atoms with Crippen molar-refractivity contribution in [3.8, 4) is 11.5 Å². The predicted molar refractivity (Wildman–Crippen MR) is 87.7 cm³/mol. The van der Waals surface area contributed by atoms with E-state index in [9.17, 15) is 0 Å². The van der Waals surface area contributed by atoms with Crippen LogP contribution in [0.2, 0.25) is 0 Å². The maximum atomic E-state index is 5.38. The van der Waals surface area contributed by atoms with Crippen molar-refractivity contribution in [3.63, 3.8) is 0 Å². The Hall–Kier alpha value is -2.57. The number of aromatic nitrogens is 3. The molecule has 2 N–H and O–H groups in total. The molecule has 0 spiro atoms. The smallest absolute Gasteiger partial charge is 0.244 e. The molecule has 0 bridgehead atoms. The van der Waals surface area contributed by atoms with E-state index in [0.717, 1.165) is 30.0 Å². The van der Waals surface area contributed by atoms with Crippen LogP contribution in [0.25, 0.3) is 0 Å². The average molecular weight is 315 g/mol. The number of rotatable bonds is 7. The lowest BCUT2D eigenvalue weighted by atomic mass is 10.1. The summed E-state index contributed by atoms with van der Waals surface area (Å²) in [5, 5.41) is 14.4. The molecule has 7 heteroatoms. The van der Waals surface area contributed by atoms with Crippen LogP contribution in [0.1, 0.15) is 25.8 Å². The summed E-state index contributed by atoms with van der Waals surface area (Å²) in [6.07, 6.45) is 2.68. The molecule has 0 radical (unpaired) electrons. The van der Waals surface area contributed by atoms with E-state index in [1.165, 1.54) is 0 Å². The number of anilines is 2. The van der Waals surface area contributed by atoms with Crippen molar-refractivity contribution in [1.29, 1.82) is 0 Å². The van der Waals surface area contributed by atoms with Crippen LogP contribution in [0.15, 0.2) is 24.4 Å². The van der Waals surface area contributed by atoms with Gasteiger partial charge in [-0.2, -0.15) is 10.1 Å². The van der Waals surface area contributed by atoms with Crippen LogP contribution < -0.4 is 20.1 Å². The van der Waals surface area contributed by atoms with Crippen molar-refractivity contribution in [2.75, 3.05) is 24.0 Å². The standard InChI is InChI=1S/C16H21N5O2/c1-11(2)5-6-17-16-20-15(9-19-21-16)18-8-12-3-4-13-14(7-12)23-10-22-13/h3-4,7,9,11H,5-6,8,10H2,1-2H3,(H2,17,18,20,21). The molecule has 1 aromatic carbocycles. The molecule has 122 valence electrons. The molecule has 0 unspecified atom stereocenters. The van der Waals surface area contributed by atoms with Gasteiger partial charge in [-0.15, -0.1) is 5.10 Å². The van der Waals surface area contributed by atoms with Gasteiger partial charge in [0.1, 0.15) is 0 Å². The summed E-state index contributed by atoms with van der Waals surface area (Å²) in [6.45, 7) is 6.12. The Labute approximate surface area is 135 Å². The van der Waals surface area contributed by atoms with Crippen molar-refractivity contribution < 1.29 is 9.47 Å². The molecule has 0 aliphatic carbocycles. The fourth-order valence-electron chi connectivity index (χ4n) is 2.18. The van der Waals surface area contributed by atoms with Crippen LogP contribution >= 0.6 is 0 Å². The zero-order chi connectivity index (χ0) is 16.1. The minimum atomic E-state index is 0.285. The number of hydrogen-bond donors (Lipinski definition) is 2. The third kappa shape index (κ3) is 4.21. The lowest BCUT2D eigenvalue weighted by molar-refractivity contribution is 0.174. The average Bonchev–Trinajstić information content (AvgIpc) is 3.00. The van der Waals surface area contributed by atoms with Crippen molar-refractivity contribution in [2.45, 2.75) is 26.8 Å². The van der Waals surface area contributed by atoms with Crippen molar-refractivity contribution in [3.05, 3.63) is 30.0 Å². The molecule has 0 saturated heterocycles. The van der Waals surface area contributed by atoms with E-state index in [1.807, 2.05) is 18.2 Å². The van der Waals surface area contributed by atoms with Gasteiger partial charge in [-0.25, -0.2) is 0 Å². The van der Waals surface area contributed by atoms with Gasteiger partial charge < -0.3 is 20.1 Å². The van der Waals surface area contributed by atoms with Gasteiger partial charge in [0.25, 0.3) is 0 Å². The first-order chi connectivity index (χ1) is 11.2. The van der Waals surface area contributed by atoms with Gasteiger partial charge in [0.2, 0.25) is 12.7 Å². The summed E-state index contributed by atoms with van der Waals surface area (Å²) in [5.41, 5.74) is 1.09. The van der Waals surface area contributed by atoms with Gasteiger partial charge in [0, 0.05) is 13.1 Å². The third-order valence-electron chi connectivity index (χ3n) is 3.47. The van der Waals surface area contributed by atoms with E-state index in [0.29, 0.717) is 24.2 Å². The first-order valence-electron chi connectivity index (χ1n) is 7.76. The molecule has 2 heterocycles. The fourth-order valence-corrected chi connectivity index (χ4v) is 2.18. The monoisotopic (exact) mass is 315 g/mol. The Morgan fingerprint density at radius 3 is 2.91 bits per heavy atom. The number of hydrogen-bond acceptors (Lipinski definition) is 7. The molecule has 0 atom stereocenters. The van der Waals surface area contributed by atoms with Crippen LogP contribution in [0.3, 0.4) is 0 Å². The minimum absolute atomic E-state index is 0.285. The molecular weight excluding hydrogens is 294 g/mol. The summed E-state index contributed by atoms with van der Waals surface area (Å²) >= 11 is 0. The Morgan fingerprint density at radius 2 is 2.04 bits per heavy atom. The van der Waals surface area contributed by atoms with Gasteiger partial charge >= 0.3 is 0 Å². The predicted octanol–water partition coefficient (Wildman–Crippen LogP) is 2.67. The van der Waals surface area contributed by atoms with Crippen LogP contribution in [0.5, 0.6) is 11.5 Å². The largest absolute Gasteiger partial charge is 0.454 e. The van der Waals surface area contributed by atoms with Crippen LogP contribution in [0, 0.1) is 5.92 Å². The zero-order valence-corrected chi connectivity index (χ0v) is 13.4. The normalized spacial score (nSPS) is 12.5. The van der Waals surface area contributed by atoms with Crippen molar-refractivity contribution in [2.24, 2.45) is 5.92 Å². The highest BCUT2D eigenvalue weighted by Crippen LogP contribution is 2.32. The topological polar surface area (TPSA) is 81.2 Å². The lowest BCUT2D eigenvalue weighted by Gasteiger charge is -2.09.